The highest BCUT2D eigenvalue weighted by atomic mass is 16.3. The van der Waals surface area contributed by atoms with Crippen molar-refractivity contribution in [1.82, 2.24) is 15.6 Å². The highest BCUT2D eigenvalue weighted by Gasteiger charge is 2.17. The van der Waals surface area contributed by atoms with E-state index in [4.69, 9.17) is 5.11 Å². The number of carbonyl (C=O) groups excluding carboxylic acids is 1. The van der Waals surface area contributed by atoms with Crippen LogP contribution in [0.5, 0.6) is 0 Å². The molecule has 2 aromatic rings. The van der Waals surface area contributed by atoms with Crippen LogP contribution in [0.15, 0.2) is 54.9 Å². The maximum absolute atomic E-state index is 12.4. The lowest BCUT2D eigenvalue weighted by Gasteiger charge is -2.22. The molecule has 1 aromatic heterocycles. The van der Waals surface area contributed by atoms with Crippen molar-refractivity contribution in [1.29, 1.82) is 0 Å². The topological polar surface area (TPSA) is 74.2 Å². The number of aliphatic hydroxyl groups excluding tert-OH is 1. The summed E-state index contributed by atoms with van der Waals surface area (Å²) < 4.78 is 0. The fraction of sp³-hybridized carbons (Fsp3) is 0.368. The van der Waals surface area contributed by atoms with Crippen molar-refractivity contribution < 1.29 is 9.90 Å². The summed E-state index contributed by atoms with van der Waals surface area (Å²) >= 11 is 0. The summed E-state index contributed by atoms with van der Waals surface area (Å²) in [5, 5.41) is 15.1. The molecule has 2 unspecified atom stereocenters. The Labute approximate surface area is 143 Å². The Morgan fingerprint density at radius 2 is 1.67 bits per heavy atom. The van der Waals surface area contributed by atoms with Gasteiger partial charge in [0, 0.05) is 19.0 Å². The average Bonchev–Trinajstić information content (AvgIpc) is 2.64. The second-order valence-corrected chi connectivity index (χ2v) is 5.69. The summed E-state index contributed by atoms with van der Waals surface area (Å²) in [7, 11) is 0. The van der Waals surface area contributed by atoms with Gasteiger partial charge in [0.05, 0.1) is 12.1 Å². The molecule has 0 saturated heterocycles. The number of amides is 2. The molecule has 0 spiro atoms. The van der Waals surface area contributed by atoms with Crippen LogP contribution in [0.2, 0.25) is 0 Å². The van der Waals surface area contributed by atoms with Gasteiger partial charge in [0.2, 0.25) is 0 Å². The van der Waals surface area contributed by atoms with Crippen LogP contribution >= 0.6 is 0 Å². The minimum Gasteiger partial charge on any atom is -0.396 e. The smallest absolute Gasteiger partial charge is 0.315 e. The van der Waals surface area contributed by atoms with Crippen LogP contribution in [0, 0.1) is 0 Å². The van der Waals surface area contributed by atoms with E-state index in [2.05, 4.69) is 15.6 Å². The first-order valence-electron chi connectivity index (χ1n) is 8.37. The van der Waals surface area contributed by atoms with E-state index in [1.54, 1.807) is 12.4 Å². The Bertz CT molecular complexity index is 605. The van der Waals surface area contributed by atoms with Gasteiger partial charge in [-0.1, -0.05) is 37.3 Å². The van der Waals surface area contributed by atoms with Crippen LogP contribution in [0.4, 0.5) is 4.79 Å². The summed E-state index contributed by atoms with van der Waals surface area (Å²) in [6.07, 6.45) is 5.59. The van der Waals surface area contributed by atoms with Crippen LogP contribution in [-0.4, -0.2) is 22.7 Å². The van der Waals surface area contributed by atoms with E-state index < -0.39 is 0 Å². The van der Waals surface area contributed by atoms with E-state index in [9.17, 15) is 4.79 Å². The molecule has 5 heteroatoms. The van der Waals surface area contributed by atoms with Gasteiger partial charge in [-0.05, 0) is 42.5 Å². The summed E-state index contributed by atoms with van der Waals surface area (Å²) in [6, 6.07) is 13.3. The maximum Gasteiger partial charge on any atom is 0.315 e. The molecular weight excluding hydrogens is 302 g/mol. The molecule has 0 saturated carbocycles. The number of nitrogens with one attached hydrogen (secondary N) is 2. The number of rotatable bonds is 8. The molecule has 0 aliphatic heterocycles. The summed E-state index contributed by atoms with van der Waals surface area (Å²) in [5.41, 5.74) is 2.08. The lowest BCUT2D eigenvalue weighted by molar-refractivity contribution is 0.229. The molecule has 5 nitrogen and oxygen atoms in total. The van der Waals surface area contributed by atoms with Gasteiger partial charge in [-0.2, -0.15) is 0 Å². The van der Waals surface area contributed by atoms with E-state index in [1.807, 2.05) is 49.4 Å². The Morgan fingerprint density at radius 3 is 2.29 bits per heavy atom. The minimum absolute atomic E-state index is 0.0535. The zero-order valence-corrected chi connectivity index (χ0v) is 14.0. The first-order valence-corrected chi connectivity index (χ1v) is 8.37. The third kappa shape index (κ3) is 5.35. The number of hydrogen-bond acceptors (Lipinski definition) is 3. The van der Waals surface area contributed by atoms with Gasteiger partial charge in [-0.25, -0.2) is 4.79 Å². The van der Waals surface area contributed by atoms with Gasteiger partial charge in [0.25, 0.3) is 0 Å². The number of pyridine rings is 1. The molecule has 2 rings (SSSR count). The molecule has 3 N–H and O–H groups in total. The number of aromatic nitrogens is 1. The second kappa shape index (κ2) is 9.67. The number of aliphatic hydroxyl groups is 1. The highest BCUT2D eigenvalue weighted by molar-refractivity contribution is 5.75. The highest BCUT2D eigenvalue weighted by Crippen LogP contribution is 2.19. The Kier molecular flexibility index (Phi) is 7.23. The molecule has 0 aliphatic carbocycles. The zero-order valence-electron chi connectivity index (χ0n) is 14.0. The molecule has 0 fully saturated rings. The van der Waals surface area contributed by atoms with Crippen molar-refractivity contribution in [3.05, 3.63) is 66.0 Å². The van der Waals surface area contributed by atoms with Crippen molar-refractivity contribution in [2.75, 3.05) is 6.61 Å². The van der Waals surface area contributed by atoms with Crippen LogP contribution < -0.4 is 10.6 Å². The van der Waals surface area contributed by atoms with Gasteiger partial charge in [-0.3, -0.25) is 4.98 Å². The largest absolute Gasteiger partial charge is 0.396 e. The number of carbonyl (C=O) groups is 1. The Hall–Kier alpha value is -2.40. The summed E-state index contributed by atoms with van der Waals surface area (Å²) in [4.78, 5) is 16.4. The minimum atomic E-state index is -0.203. The molecular formula is C19H25N3O2. The van der Waals surface area contributed by atoms with Gasteiger partial charge in [0.15, 0.2) is 0 Å². The molecule has 0 radical (unpaired) electrons. The molecule has 2 amide bonds. The fourth-order valence-electron chi connectivity index (χ4n) is 2.68. The predicted octanol–water partition coefficient (Wildman–Crippen LogP) is 3.35. The van der Waals surface area contributed by atoms with Crippen LogP contribution in [-0.2, 0) is 0 Å². The second-order valence-electron chi connectivity index (χ2n) is 5.69. The molecule has 0 aliphatic rings. The third-order valence-electron chi connectivity index (χ3n) is 3.98. The first-order chi connectivity index (χ1) is 11.7. The molecule has 2 atom stereocenters. The first kappa shape index (κ1) is 17.9. The monoisotopic (exact) mass is 327 g/mol. The van der Waals surface area contributed by atoms with E-state index >= 15 is 0 Å². The van der Waals surface area contributed by atoms with Crippen LogP contribution in [0.25, 0.3) is 0 Å². The quantitative estimate of drug-likeness (QED) is 0.696. The lowest BCUT2D eigenvalue weighted by Crippen LogP contribution is -2.40. The van der Waals surface area contributed by atoms with Gasteiger partial charge in [0.1, 0.15) is 0 Å². The molecule has 24 heavy (non-hydrogen) atoms. The third-order valence-corrected chi connectivity index (χ3v) is 3.98. The number of nitrogens with zero attached hydrogens (tertiary/aromatic N) is 1. The van der Waals surface area contributed by atoms with Crippen molar-refractivity contribution in [3.8, 4) is 0 Å². The van der Waals surface area contributed by atoms with E-state index in [-0.39, 0.29) is 24.7 Å². The van der Waals surface area contributed by atoms with Crippen molar-refractivity contribution in [3.63, 3.8) is 0 Å². The van der Waals surface area contributed by atoms with Crippen LogP contribution in [0.1, 0.15) is 49.4 Å². The van der Waals surface area contributed by atoms with Gasteiger partial charge < -0.3 is 15.7 Å². The molecule has 1 aromatic carbocycles. The normalized spacial score (nSPS) is 13.1. The molecule has 0 bridgehead atoms. The van der Waals surface area contributed by atoms with Crippen molar-refractivity contribution in [2.24, 2.45) is 0 Å². The lowest BCUT2D eigenvalue weighted by atomic mass is 10.0. The zero-order chi connectivity index (χ0) is 17.2. The van der Waals surface area contributed by atoms with E-state index in [0.29, 0.717) is 12.8 Å². The van der Waals surface area contributed by atoms with Crippen molar-refractivity contribution in [2.45, 2.75) is 38.3 Å². The maximum atomic E-state index is 12.4. The Morgan fingerprint density at radius 1 is 1.04 bits per heavy atom. The molecule has 128 valence electrons. The Balaban J connectivity index is 2.01. The summed E-state index contributed by atoms with van der Waals surface area (Å²) in [5.74, 6) is 0. The van der Waals surface area contributed by atoms with E-state index in [0.717, 1.165) is 17.5 Å². The predicted molar refractivity (Wildman–Crippen MR) is 94.4 cm³/mol. The van der Waals surface area contributed by atoms with Gasteiger partial charge >= 0.3 is 6.03 Å². The number of urea groups is 1. The molecule has 1 heterocycles. The summed E-state index contributed by atoms with van der Waals surface area (Å²) in [6.45, 7) is 2.15. The van der Waals surface area contributed by atoms with E-state index in [1.165, 1.54) is 0 Å². The average molecular weight is 327 g/mol. The van der Waals surface area contributed by atoms with Crippen molar-refractivity contribution >= 4 is 6.03 Å². The SMILES string of the molecule is CCC(NC(=O)NC(CCCO)c1ccccc1)c1ccncc1. The standard InChI is InChI=1S/C19H25N3O2/c1-2-17(16-10-12-20-13-11-16)21-19(24)22-18(9-6-14-23)15-7-4-3-5-8-15/h3-5,7-8,10-13,17-18,23H,2,6,9,14H2,1H3,(H2,21,22,24). The van der Waals surface area contributed by atoms with Crippen LogP contribution in [0.3, 0.4) is 0 Å². The number of hydrogen-bond donors (Lipinski definition) is 3. The van der Waals surface area contributed by atoms with Gasteiger partial charge in [-0.15, -0.1) is 0 Å². The fourth-order valence-corrected chi connectivity index (χ4v) is 2.68. The number of benzene rings is 1.